The van der Waals surface area contributed by atoms with Crippen molar-refractivity contribution in [2.75, 3.05) is 28.4 Å². The second-order valence-corrected chi connectivity index (χ2v) is 15.6. The molecule has 4 nitrogen and oxygen atoms in total. The third-order valence-electron chi connectivity index (χ3n) is 8.59. The zero-order valence-electron chi connectivity index (χ0n) is 25.5. The number of ether oxygens (including phenoxy) is 4. The molecule has 0 aromatic heterocycles. The topological polar surface area (TPSA) is 36.9 Å². The Hall–Kier alpha value is -3.06. The maximum Gasteiger partial charge on any atom is 0.127 e. The second kappa shape index (κ2) is 13.9. The highest BCUT2D eigenvalue weighted by Gasteiger charge is 2.43. The van der Waals surface area contributed by atoms with E-state index in [1.807, 2.05) is 0 Å². The minimum Gasteiger partial charge on any atom is -0.496 e. The molecule has 1 fully saturated rings. The summed E-state index contributed by atoms with van der Waals surface area (Å²) in [5.41, 5.74) is 2.13. The highest BCUT2D eigenvalue weighted by molar-refractivity contribution is 7.75. The fourth-order valence-electron chi connectivity index (χ4n) is 6.67. The molecular formula is C36H42O4P2. The number of rotatable bonds is 11. The van der Waals surface area contributed by atoms with E-state index in [0.717, 1.165) is 23.0 Å². The summed E-state index contributed by atoms with van der Waals surface area (Å²) in [7, 11) is 5.57. The average Bonchev–Trinajstić information content (AvgIpc) is 3.52. The number of hydrogen-bond donors (Lipinski definition) is 0. The molecule has 0 saturated heterocycles. The predicted octanol–water partition coefficient (Wildman–Crippen LogP) is 7.15. The molecule has 4 atom stereocenters. The monoisotopic (exact) mass is 600 g/mol. The summed E-state index contributed by atoms with van der Waals surface area (Å²) >= 11 is 0. The molecule has 6 heteroatoms. The van der Waals surface area contributed by atoms with Crippen LogP contribution in [0.4, 0.5) is 0 Å². The smallest absolute Gasteiger partial charge is 0.127 e. The first kappa shape index (κ1) is 30.4. The van der Waals surface area contributed by atoms with Crippen LogP contribution in [0.25, 0.3) is 0 Å². The zero-order chi connectivity index (χ0) is 29.6. The number of methoxy groups -OCH3 is 4. The van der Waals surface area contributed by atoms with Crippen molar-refractivity contribution in [2.24, 2.45) is 5.92 Å². The van der Waals surface area contributed by atoms with Crippen molar-refractivity contribution in [3.05, 3.63) is 96.6 Å². The SMILES string of the molecule is COc1ccccc1P(c1c(C)cccc1OC)C1CCCC1[C@@H](C)P(c1ccccc1OC)c1ccccc1OC. The van der Waals surface area contributed by atoms with Gasteiger partial charge in [-0.05, 0) is 82.7 Å². The van der Waals surface area contributed by atoms with Crippen molar-refractivity contribution < 1.29 is 18.9 Å². The van der Waals surface area contributed by atoms with E-state index in [0.29, 0.717) is 17.2 Å². The molecule has 0 heterocycles. The maximum atomic E-state index is 6.05. The molecule has 3 unspecified atom stereocenters. The van der Waals surface area contributed by atoms with Crippen LogP contribution in [-0.2, 0) is 0 Å². The summed E-state index contributed by atoms with van der Waals surface area (Å²) in [6.07, 6.45) is 3.58. The van der Waals surface area contributed by atoms with Gasteiger partial charge in [-0.15, -0.1) is 0 Å². The van der Waals surface area contributed by atoms with Gasteiger partial charge in [0.15, 0.2) is 0 Å². The fourth-order valence-corrected chi connectivity index (χ4v) is 13.7. The molecule has 5 rings (SSSR count). The first-order chi connectivity index (χ1) is 20.5. The van der Waals surface area contributed by atoms with Crippen LogP contribution in [0.1, 0.15) is 31.7 Å². The summed E-state index contributed by atoms with van der Waals surface area (Å²) in [6, 6.07) is 32.2. The summed E-state index contributed by atoms with van der Waals surface area (Å²) in [5, 5.41) is 5.17. The Bertz CT molecular complexity index is 1440. The van der Waals surface area contributed by atoms with E-state index in [-0.39, 0.29) is 0 Å². The van der Waals surface area contributed by atoms with Crippen molar-refractivity contribution in [3.8, 4) is 23.0 Å². The highest BCUT2D eigenvalue weighted by Crippen LogP contribution is 2.59. The quantitative estimate of drug-likeness (QED) is 0.171. The van der Waals surface area contributed by atoms with Crippen LogP contribution in [0.3, 0.4) is 0 Å². The van der Waals surface area contributed by atoms with E-state index < -0.39 is 15.8 Å². The Balaban J connectivity index is 1.68. The van der Waals surface area contributed by atoms with Gasteiger partial charge in [0.25, 0.3) is 0 Å². The summed E-state index contributed by atoms with van der Waals surface area (Å²) in [6.45, 7) is 4.70. The van der Waals surface area contributed by atoms with Gasteiger partial charge >= 0.3 is 0 Å². The summed E-state index contributed by atoms with van der Waals surface area (Å²) in [5.74, 6) is 4.32. The Labute approximate surface area is 253 Å². The first-order valence-electron chi connectivity index (χ1n) is 14.6. The fraction of sp³-hybridized carbons (Fsp3) is 0.333. The van der Waals surface area contributed by atoms with Gasteiger partial charge in [0.1, 0.15) is 23.0 Å². The third-order valence-corrected chi connectivity index (χ3v) is 14.8. The summed E-state index contributed by atoms with van der Waals surface area (Å²) < 4.78 is 24.0. The molecule has 0 spiro atoms. The van der Waals surface area contributed by atoms with Crippen LogP contribution in [0.15, 0.2) is 91.0 Å². The number of hydrogen-bond acceptors (Lipinski definition) is 4. The van der Waals surface area contributed by atoms with Crippen molar-refractivity contribution in [1.82, 2.24) is 0 Å². The lowest BCUT2D eigenvalue weighted by Gasteiger charge is -2.38. The van der Waals surface area contributed by atoms with Crippen LogP contribution in [0, 0.1) is 12.8 Å². The maximum absolute atomic E-state index is 6.05. The molecule has 0 bridgehead atoms. The van der Waals surface area contributed by atoms with Gasteiger partial charge in [0.05, 0.1) is 28.4 Å². The molecule has 1 aliphatic carbocycles. The Kier molecular flexibility index (Phi) is 10.1. The lowest BCUT2D eigenvalue weighted by molar-refractivity contribution is 0.417. The van der Waals surface area contributed by atoms with Crippen LogP contribution >= 0.6 is 15.8 Å². The largest absolute Gasteiger partial charge is 0.496 e. The van der Waals surface area contributed by atoms with Crippen LogP contribution in [-0.4, -0.2) is 39.8 Å². The van der Waals surface area contributed by atoms with Gasteiger partial charge in [0, 0.05) is 21.2 Å². The van der Waals surface area contributed by atoms with E-state index in [9.17, 15) is 0 Å². The molecule has 0 radical (unpaired) electrons. The van der Waals surface area contributed by atoms with Crippen molar-refractivity contribution in [1.29, 1.82) is 0 Å². The van der Waals surface area contributed by atoms with E-state index in [1.54, 1.807) is 28.4 Å². The minimum atomic E-state index is -0.798. The number of aryl methyl sites for hydroxylation is 1. The summed E-state index contributed by atoms with van der Waals surface area (Å²) in [4.78, 5) is 0. The van der Waals surface area contributed by atoms with Crippen LogP contribution in [0.2, 0.25) is 0 Å². The molecule has 0 aliphatic heterocycles. The Morgan fingerprint density at radius 2 is 1.07 bits per heavy atom. The molecule has 4 aromatic carbocycles. The molecule has 220 valence electrons. The van der Waals surface area contributed by atoms with E-state index in [2.05, 4.69) is 105 Å². The molecule has 42 heavy (non-hydrogen) atoms. The van der Waals surface area contributed by atoms with E-state index >= 15 is 0 Å². The van der Waals surface area contributed by atoms with Crippen molar-refractivity contribution in [3.63, 3.8) is 0 Å². The first-order valence-corrected chi connectivity index (χ1v) is 17.5. The Morgan fingerprint density at radius 3 is 1.62 bits per heavy atom. The molecule has 4 aromatic rings. The molecule has 0 N–H and O–H groups in total. The average molecular weight is 601 g/mol. The molecule has 1 saturated carbocycles. The highest BCUT2D eigenvalue weighted by atomic mass is 31.1. The van der Waals surface area contributed by atoms with Crippen molar-refractivity contribution >= 4 is 37.1 Å². The van der Waals surface area contributed by atoms with Crippen molar-refractivity contribution in [2.45, 2.75) is 44.4 Å². The lowest BCUT2D eigenvalue weighted by Crippen LogP contribution is -2.34. The standard InChI is InChI=1S/C36H42O4P2/c1-25-15-13-20-31(40-6)36(25)42(35-23-12-9-19-30(35)39-5)32-24-14-16-27(32)26(2)41(33-21-10-7-17-28(33)37-3)34-22-11-8-18-29(34)38-4/h7-13,15,17-23,26-27,32H,14,16,24H2,1-6H3/t26-,27?,32?,42?/m1/s1. The van der Waals surface area contributed by atoms with E-state index in [4.69, 9.17) is 18.9 Å². The molecular weight excluding hydrogens is 558 g/mol. The van der Waals surface area contributed by atoms with Crippen LogP contribution < -0.4 is 40.2 Å². The Morgan fingerprint density at radius 1 is 0.595 bits per heavy atom. The lowest BCUT2D eigenvalue weighted by atomic mass is 10.0. The second-order valence-electron chi connectivity index (χ2n) is 10.8. The molecule has 0 amide bonds. The van der Waals surface area contributed by atoms with Gasteiger partial charge in [-0.3, -0.25) is 0 Å². The van der Waals surface area contributed by atoms with Gasteiger partial charge in [-0.1, -0.05) is 80.1 Å². The number of benzene rings is 4. The van der Waals surface area contributed by atoms with Gasteiger partial charge in [-0.25, -0.2) is 0 Å². The van der Waals surface area contributed by atoms with Gasteiger partial charge < -0.3 is 18.9 Å². The molecule has 1 aliphatic rings. The van der Waals surface area contributed by atoms with Gasteiger partial charge in [-0.2, -0.15) is 0 Å². The van der Waals surface area contributed by atoms with E-state index in [1.165, 1.54) is 46.0 Å². The van der Waals surface area contributed by atoms with Gasteiger partial charge in [0.2, 0.25) is 0 Å². The van der Waals surface area contributed by atoms with Crippen LogP contribution in [0.5, 0.6) is 23.0 Å². The number of para-hydroxylation sites is 3. The third kappa shape index (κ3) is 5.90. The minimum absolute atomic E-state index is 0.384. The predicted molar refractivity (Wildman–Crippen MR) is 180 cm³/mol. The zero-order valence-corrected chi connectivity index (χ0v) is 27.3. The normalized spacial score (nSPS) is 18.0.